The van der Waals surface area contributed by atoms with Gasteiger partial charge in [-0.2, -0.15) is 12.6 Å². The minimum absolute atomic E-state index is 0.0394. The lowest BCUT2D eigenvalue weighted by Gasteiger charge is -2.21. The van der Waals surface area contributed by atoms with Crippen molar-refractivity contribution in [2.75, 3.05) is 7.11 Å². The van der Waals surface area contributed by atoms with Crippen molar-refractivity contribution in [3.05, 3.63) is 0 Å². The molecule has 0 aliphatic heterocycles. The second kappa shape index (κ2) is 6.27. The number of nitrogens with two attached hydrogens (primary N) is 1. The van der Waals surface area contributed by atoms with Crippen LogP contribution in [-0.2, 0) is 9.53 Å². The Morgan fingerprint density at radius 3 is 2.46 bits per heavy atom. The Hall–Kier alpha value is -0.220. The Labute approximate surface area is 85.4 Å². The molecule has 0 aromatic carbocycles. The zero-order valence-corrected chi connectivity index (χ0v) is 9.38. The number of hydrogen-bond donors (Lipinski definition) is 2. The van der Waals surface area contributed by atoms with Crippen LogP contribution in [0.2, 0.25) is 0 Å². The van der Waals surface area contributed by atoms with E-state index in [1.54, 1.807) is 0 Å². The lowest BCUT2D eigenvalue weighted by molar-refractivity contribution is -0.140. The summed E-state index contributed by atoms with van der Waals surface area (Å²) in [6.45, 7) is 4.13. The van der Waals surface area contributed by atoms with E-state index in [4.69, 9.17) is 5.73 Å². The molecule has 0 aromatic heterocycles. The summed E-state index contributed by atoms with van der Waals surface area (Å²) in [4.78, 5) is 10.8. The van der Waals surface area contributed by atoms with Crippen LogP contribution in [0, 0.1) is 5.92 Å². The van der Waals surface area contributed by atoms with E-state index in [0.29, 0.717) is 18.8 Å². The first-order chi connectivity index (χ1) is 5.99. The first-order valence-corrected chi connectivity index (χ1v) is 5.01. The smallest absolute Gasteiger partial charge is 0.305 e. The molecule has 0 aliphatic rings. The number of ether oxygens (including phenoxy) is 1. The Bertz CT molecular complexity index is 162. The Morgan fingerprint density at radius 1 is 1.54 bits per heavy atom. The first-order valence-electron chi connectivity index (χ1n) is 4.49. The molecule has 78 valence electrons. The lowest BCUT2D eigenvalue weighted by atomic mass is 10.00. The number of carbonyl (C=O) groups is 1. The second-order valence-electron chi connectivity index (χ2n) is 3.51. The SMILES string of the molecule is COC(=O)CCC(N)C(S)C(C)C. The van der Waals surface area contributed by atoms with Crippen molar-refractivity contribution >= 4 is 18.6 Å². The zero-order valence-electron chi connectivity index (χ0n) is 8.49. The average molecular weight is 205 g/mol. The van der Waals surface area contributed by atoms with Gasteiger partial charge in [-0.3, -0.25) is 4.79 Å². The third-order valence-corrected chi connectivity index (χ3v) is 3.01. The molecule has 0 radical (unpaired) electrons. The van der Waals surface area contributed by atoms with Crippen LogP contribution < -0.4 is 5.73 Å². The van der Waals surface area contributed by atoms with Crippen molar-refractivity contribution in [3.63, 3.8) is 0 Å². The molecule has 3 nitrogen and oxygen atoms in total. The molecule has 2 N–H and O–H groups in total. The number of methoxy groups -OCH3 is 1. The van der Waals surface area contributed by atoms with Crippen LogP contribution in [0.3, 0.4) is 0 Å². The summed E-state index contributed by atoms with van der Waals surface area (Å²) in [5.41, 5.74) is 5.84. The van der Waals surface area contributed by atoms with Crippen molar-refractivity contribution in [1.82, 2.24) is 0 Å². The van der Waals surface area contributed by atoms with Gasteiger partial charge >= 0.3 is 5.97 Å². The van der Waals surface area contributed by atoms with Gasteiger partial charge in [0.15, 0.2) is 0 Å². The fourth-order valence-corrected chi connectivity index (χ4v) is 1.20. The molecule has 13 heavy (non-hydrogen) atoms. The van der Waals surface area contributed by atoms with Gasteiger partial charge < -0.3 is 10.5 Å². The zero-order chi connectivity index (χ0) is 10.4. The van der Waals surface area contributed by atoms with Gasteiger partial charge in [0.25, 0.3) is 0 Å². The van der Waals surface area contributed by atoms with Crippen LogP contribution >= 0.6 is 12.6 Å². The average Bonchev–Trinajstić information content (AvgIpc) is 2.11. The molecule has 2 atom stereocenters. The van der Waals surface area contributed by atoms with Gasteiger partial charge in [0.2, 0.25) is 0 Å². The maximum Gasteiger partial charge on any atom is 0.305 e. The molecule has 0 aromatic rings. The fourth-order valence-electron chi connectivity index (χ4n) is 1.05. The van der Waals surface area contributed by atoms with E-state index in [1.165, 1.54) is 7.11 Å². The van der Waals surface area contributed by atoms with E-state index in [9.17, 15) is 4.79 Å². The van der Waals surface area contributed by atoms with Gasteiger partial charge in [0.05, 0.1) is 7.11 Å². The third kappa shape index (κ3) is 5.16. The standard InChI is InChI=1S/C9H19NO2S/c1-6(2)9(13)7(10)4-5-8(11)12-3/h6-7,9,13H,4-5,10H2,1-3H3. The Morgan fingerprint density at radius 2 is 2.08 bits per heavy atom. The predicted octanol–water partition coefficient (Wildman–Crippen LogP) is 1.22. The lowest BCUT2D eigenvalue weighted by Crippen LogP contribution is -2.34. The van der Waals surface area contributed by atoms with E-state index in [-0.39, 0.29) is 17.3 Å². The van der Waals surface area contributed by atoms with Crippen LogP contribution in [-0.4, -0.2) is 24.4 Å². The predicted molar refractivity (Wildman–Crippen MR) is 56.8 cm³/mol. The number of carbonyl (C=O) groups excluding carboxylic acids is 1. The molecule has 0 spiro atoms. The van der Waals surface area contributed by atoms with E-state index in [2.05, 4.69) is 31.2 Å². The Balaban J connectivity index is 3.73. The highest BCUT2D eigenvalue weighted by molar-refractivity contribution is 7.81. The highest BCUT2D eigenvalue weighted by Gasteiger charge is 2.18. The first kappa shape index (κ1) is 12.8. The molecule has 0 saturated carbocycles. The van der Waals surface area contributed by atoms with E-state index < -0.39 is 0 Å². The second-order valence-corrected chi connectivity index (χ2v) is 4.11. The highest BCUT2D eigenvalue weighted by atomic mass is 32.1. The highest BCUT2D eigenvalue weighted by Crippen LogP contribution is 2.15. The minimum atomic E-state index is -0.209. The molecule has 0 rings (SSSR count). The fraction of sp³-hybridized carbons (Fsp3) is 0.889. The van der Waals surface area contributed by atoms with E-state index in [1.807, 2.05) is 0 Å². The minimum Gasteiger partial charge on any atom is -0.469 e. The molecule has 2 unspecified atom stereocenters. The van der Waals surface area contributed by atoms with Crippen LogP contribution in [0.5, 0.6) is 0 Å². The summed E-state index contributed by atoms with van der Waals surface area (Å²) < 4.78 is 4.52. The molecule has 0 saturated heterocycles. The summed E-state index contributed by atoms with van der Waals surface area (Å²) >= 11 is 4.37. The van der Waals surface area contributed by atoms with Gasteiger partial charge in [0.1, 0.15) is 0 Å². The van der Waals surface area contributed by atoms with Crippen molar-refractivity contribution in [3.8, 4) is 0 Å². The van der Waals surface area contributed by atoms with Crippen molar-refractivity contribution in [2.24, 2.45) is 11.7 Å². The normalized spacial score (nSPS) is 15.5. The maximum atomic E-state index is 10.8. The van der Waals surface area contributed by atoms with Crippen molar-refractivity contribution < 1.29 is 9.53 Å². The van der Waals surface area contributed by atoms with E-state index in [0.717, 1.165) is 0 Å². The summed E-state index contributed by atoms with van der Waals surface area (Å²) in [6, 6.07) is -0.0394. The monoisotopic (exact) mass is 205 g/mol. The molecule has 4 heteroatoms. The summed E-state index contributed by atoms with van der Waals surface area (Å²) in [5, 5.41) is 0.143. The van der Waals surface area contributed by atoms with Gasteiger partial charge in [-0.25, -0.2) is 0 Å². The van der Waals surface area contributed by atoms with Gasteiger partial charge in [-0.1, -0.05) is 13.8 Å². The summed E-state index contributed by atoms with van der Waals surface area (Å²) in [6.07, 6.45) is 1.01. The Kier molecular flexibility index (Phi) is 6.16. The summed E-state index contributed by atoms with van der Waals surface area (Å²) in [7, 11) is 1.38. The number of hydrogen-bond acceptors (Lipinski definition) is 4. The topological polar surface area (TPSA) is 52.3 Å². The molecule has 0 bridgehead atoms. The molecule has 0 amide bonds. The third-order valence-electron chi connectivity index (χ3n) is 2.03. The van der Waals surface area contributed by atoms with Crippen molar-refractivity contribution in [1.29, 1.82) is 0 Å². The molecular formula is C9H19NO2S. The van der Waals surface area contributed by atoms with Crippen LogP contribution in [0.4, 0.5) is 0 Å². The largest absolute Gasteiger partial charge is 0.469 e. The van der Waals surface area contributed by atoms with Gasteiger partial charge in [-0.15, -0.1) is 0 Å². The quantitative estimate of drug-likeness (QED) is 0.524. The van der Waals surface area contributed by atoms with Gasteiger partial charge in [-0.05, 0) is 12.3 Å². The van der Waals surface area contributed by atoms with Gasteiger partial charge in [0, 0.05) is 17.7 Å². The number of rotatable bonds is 5. The number of thiol groups is 1. The molecule has 0 heterocycles. The van der Waals surface area contributed by atoms with Crippen LogP contribution in [0.15, 0.2) is 0 Å². The summed E-state index contributed by atoms with van der Waals surface area (Å²) in [5.74, 6) is 0.218. The number of esters is 1. The molecule has 0 aliphatic carbocycles. The molecule has 0 fully saturated rings. The molecular weight excluding hydrogens is 186 g/mol. The van der Waals surface area contributed by atoms with Crippen LogP contribution in [0.1, 0.15) is 26.7 Å². The maximum absolute atomic E-state index is 10.8. The van der Waals surface area contributed by atoms with Crippen LogP contribution in [0.25, 0.3) is 0 Å². The van der Waals surface area contributed by atoms with E-state index >= 15 is 0 Å². The van der Waals surface area contributed by atoms with Crippen molar-refractivity contribution in [2.45, 2.75) is 38.0 Å².